The van der Waals surface area contributed by atoms with Gasteiger partial charge in [-0.1, -0.05) is 32.1 Å². The monoisotopic (exact) mass is 762 g/mol. The summed E-state index contributed by atoms with van der Waals surface area (Å²) in [5, 5.41) is 16.2. The molecule has 1 aromatic carbocycles. The van der Waals surface area contributed by atoms with Crippen molar-refractivity contribution < 1.29 is 19.5 Å². The van der Waals surface area contributed by atoms with E-state index in [1.165, 1.54) is 32.1 Å². The van der Waals surface area contributed by atoms with Crippen LogP contribution < -0.4 is 21.3 Å². The number of anilines is 1. The molecule has 252 valence electrons. The second-order valence-electron chi connectivity index (χ2n) is 12.5. The molecule has 2 aliphatic rings. The average Bonchev–Trinajstić information content (AvgIpc) is 3.07. The zero-order valence-corrected chi connectivity index (χ0v) is 29.7. The molecule has 1 aromatic heterocycles. The predicted octanol–water partition coefficient (Wildman–Crippen LogP) is 5.05. The standard InChI is InChI=1S/C34H48Br2N6O4/c35-27-21-25(22-28(36)32(27)44)23-30(39-31(43)11-6-9-24-7-2-1-3-8-24)33(45)40-29(10-4-5-14-37)34(46)42-19-17-41(18-20-42)26-12-15-38-16-13-26/h12-13,15-16,21-22,24,29-30,44H,1-11,14,17-20,23,37H2,(H,39,43)(H,40,45)/t29-,30+/m0/s1. The third kappa shape index (κ3) is 10.9. The van der Waals surface area contributed by atoms with E-state index in [2.05, 4.69) is 52.4 Å². The lowest BCUT2D eigenvalue weighted by atomic mass is 9.86. The lowest BCUT2D eigenvalue weighted by Gasteiger charge is -2.37. The fraction of sp³-hybridized carbons (Fsp3) is 0.588. The first-order valence-corrected chi connectivity index (χ1v) is 18.2. The van der Waals surface area contributed by atoms with E-state index < -0.39 is 18.0 Å². The number of nitrogens with one attached hydrogen (secondary N) is 2. The number of nitrogens with zero attached hydrogens (tertiary/aromatic N) is 3. The van der Waals surface area contributed by atoms with Gasteiger partial charge in [0.2, 0.25) is 17.7 Å². The maximum atomic E-state index is 13.9. The summed E-state index contributed by atoms with van der Waals surface area (Å²) in [6.45, 7) is 2.96. The number of amides is 3. The molecular formula is C34H48Br2N6O4. The number of piperazine rings is 1. The van der Waals surface area contributed by atoms with E-state index in [0.29, 0.717) is 66.8 Å². The second-order valence-corrected chi connectivity index (χ2v) is 14.2. The van der Waals surface area contributed by atoms with Crippen molar-refractivity contribution in [2.75, 3.05) is 37.6 Å². The van der Waals surface area contributed by atoms with Gasteiger partial charge in [0.15, 0.2) is 0 Å². The Kier molecular flexibility index (Phi) is 14.6. The van der Waals surface area contributed by atoms with Crippen molar-refractivity contribution in [1.82, 2.24) is 20.5 Å². The average molecular weight is 765 g/mol. The Hall–Kier alpha value is -2.70. The molecule has 1 aliphatic carbocycles. The minimum absolute atomic E-state index is 0.0612. The highest BCUT2D eigenvalue weighted by atomic mass is 79.9. The maximum absolute atomic E-state index is 13.9. The zero-order chi connectivity index (χ0) is 32.9. The topological polar surface area (TPSA) is 141 Å². The fourth-order valence-corrected chi connectivity index (χ4v) is 7.74. The summed E-state index contributed by atoms with van der Waals surface area (Å²) < 4.78 is 0.964. The Morgan fingerprint density at radius 2 is 1.61 bits per heavy atom. The van der Waals surface area contributed by atoms with Crippen molar-refractivity contribution in [2.45, 2.75) is 89.1 Å². The summed E-state index contributed by atoms with van der Waals surface area (Å²) in [6.07, 6.45) is 14.1. The van der Waals surface area contributed by atoms with Gasteiger partial charge in [-0.2, -0.15) is 0 Å². The first kappa shape index (κ1) is 36.1. The number of rotatable bonds is 15. The Morgan fingerprint density at radius 3 is 2.26 bits per heavy atom. The Morgan fingerprint density at radius 1 is 0.935 bits per heavy atom. The SMILES string of the molecule is NCCCC[C@H](NC(=O)[C@@H](Cc1cc(Br)c(O)c(Br)c1)NC(=O)CCCC1CCCCC1)C(=O)N1CCN(c2ccncc2)CC1. The lowest BCUT2D eigenvalue weighted by Crippen LogP contribution is -2.57. The second kappa shape index (κ2) is 18.6. The highest BCUT2D eigenvalue weighted by Gasteiger charge is 2.31. The molecule has 12 heteroatoms. The Balaban J connectivity index is 1.43. The molecule has 0 radical (unpaired) electrons. The van der Waals surface area contributed by atoms with Crippen molar-refractivity contribution >= 4 is 55.3 Å². The van der Waals surface area contributed by atoms with E-state index in [0.717, 1.165) is 30.5 Å². The van der Waals surface area contributed by atoms with Gasteiger partial charge in [0.05, 0.1) is 8.95 Å². The van der Waals surface area contributed by atoms with Crippen LogP contribution in [0.15, 0.2) is 45.6 Å². The molecule has 1 aliphatic heterocycles. The van der Waals surface area contributed by atoms with Gasteiger partial charge in [-0.15, -0.1) is 0 Å². The molecule has 10 nitrogen and oxygen atoms in total. The van der Waals surface area contributed by atoms with Crippen LogP contribution in [-0.4, -0.2) is 77.5 Å². The Bertz CT molecular complexity index is 1260. The van der Waals surface area contributed by atoms with Gasteiger partial charge < -0.3 is 31.3 Å². The smallest absolute Gasteiger partial charge is 0.245 e. The summed E-state index contributed by atoms with van der Waals surface area (Å²) in [5.74, 6) is 0.0475. The minimum atomic E-state index is -0.890. The van der Waals surface area contributed by atoms with Crippen molar-refractivity contribution in [1.29, 1.82) is 0 Å². The molecule has 5 N–H and O–H groups in total. The number of hydrogen-bond donors (Lipinski definition) is 4. The zero-order valence-electron chi connectivity index (χ0n) is 26.6. The number of aromatic nitrogens is 1. The highest BCUT2D eigenvalue weighted by molar-refractivity contribution is 9.11. The van der Waals surface area contributed by atoms with Gasteiger partial charge in [0, 0.05) is 57.1 Å². The Labute approximate surface area is 289 Å². The van der Waals surface area contributed by atoms with Gasteiger partial charge in [-0.25, -0.2) is 0 Å². The van der Waals surface area contributed by atoms with Crippen LogP contribution in [0.5, 0.6) is 5.75 Å². The summed E-state index contributed by atoms with van der Waals surface area (Å²) in [6, 6.07) is 5.78. The largest absolute Gasteiger partial charge is 0.506 e. The molecule has 4 rings (SSSR count). The van der Waals surface area contributed by atoms with Crippen LogP contribution in [0, 0.1) is 5.92 Å². The molecule has 0 spiro atoms. The molecule has 0 bridgehead atoms. The van der Waals surface area contributed by atoms with Crippen molar-refractivity contribution in [3.05, 3.63) is 51.2 Å². The lowest BCUT2D eigenvalue weighted by molar-refractivity contribution is -0.137. The number of pyridine rings is 1. The minimum Gasteiger partial charge on any atom is -0.506 e. The van der Waals surface area contributed by atoms with Crippen LogP contribution in [0.3, 0.4) is 0 Å². The number of nitrogens with two attached hydrogens (primary N) is 1. The quantitative estimate of drug-likeness (QED) is 0.186. The normalized spacial score (nSPS) is 16.9. The number of aromatic hydroxyl groups is 1. The van der Waals surface area contributed by atoms with Crippen LogP contribution >= 0.6 is 31.9 Å². The number of hydrogen-bond acceptors (Lipinski definition) is 7. The molecule has 2 aromatic rings. The van der Waals surface area contributed by atoms with Gasteiger partial charge in [0.25, 0.3) is 0 Å². The molecule has 0 unspecified atom stereocenters. The van der Waals surface area contributed by atoms with Gasteiger partial charge >= 0.3 is 0 Å². The van der Waals surface area contributed by atoms with Crippen molar-refractivity contribution in [3.63, 3.8) is 0 Å². The third-order valence-corrected chi connectivity index (χ3v) is 10.3. The fourth-order valence-electron chi connectivity index (χ4n) is 6.46. The molecule has 2 fully saturated rings. The van der Waals surface area contributed by atoms with E-state index in [1.807, 2.05) is 17.0 Å². The van der Waals surface area contributed by atoms with Crippen LogP contribution in [-0.2, 0) is 20.8 Å². The summed E-state index contributed by atoms with van der Waals surface area (Å²) in [7, 11) is 0. The molecule has 2 atom stereocenters. The van der Waals surface area contributed by atoms with Crippen LogP contribution in [0.4, 0.5) is 5.69 Å². The molecule has 1 saturated carbocycles. The van der Waals surface area contributed by atoms with Crippen LogP contribution in [0.25, 0.3) is 0 Å². The number of phenolic OH excluding ortho intramolecular Hbond substituents is 1. The molecule has 3 amide bonds. The first-order valence-electron chi connectivity index (χ1n) is 16.7. The maximum Gasteiger partial charge on any atom is 0.245 e. The molecule has 1 saturated heterocycles. The molecular weight excluding hydrogens is 716 g/mol. The molecule has 2 heterocycles. The number of phenols is 1. The van der Waals surface area contributed by atoms with Gasteiger partial charge in [0.1, 0.15) is 17.8 Å². The van der Waals surface area contributed by atoms with Gasteiger partial charge in [-0.05, 0) is 106 Å². The van der Waals surface area contributed by atoms with E-state index >= 15 is 0 Å². The van der Waals surface area contributed by atoms with Gasteiger partial charge in [-0.3, -0.25) is 19.4 Å². The number of carbonyl (C=O) groups excluding carboxylic acids is 3. The van der Waals surface area contributed by atoms with Crippen molar-refractivity contribution in [2.24, 2.45) is 11.7 Å². The number of unbranched alkanes of at least 4 members (excludes halogenated alkanes) is 1. The van der Waals surface area contributed by atoms with Crippen LogP contribution in [0.2, 0.25) is 0 Å². The number of halogens is 2. The first-order chi connectivity index (χ1) is 22.2. The third-order valence-electron chi connectivity index (χ3n) is 9.09. The van der Waals surface area contributed by atoms with E-state index in [9.17, 15) is 19.5 Å². The van der Waals surface area contributed by atoms with E-state index in [1.54, 1.807) is 24.5 Å². The highest BCUT2D eigenvalue weighted by Crippen LogP contribution is 2.34. The summed E-state index contributed by atoms with van der Waals surface area (Å²) >= 11 is 6.74. The number of benzene rings is 1. The summed E-state index contributed by atoms with van der Waals surface area (Å²) in [5.41, 5.74) is 7.57. The van der Waals surface area contributed by atoms with E-state index in [-0.39, 0.29) is 24.0 Å². The predicted molar refractivity (Wildman–Crippen MR) is 187 cm³/mol. The summed E-state index contributed by atoms with van der Waals surface area (Å²) in [4.78, 5) is 49.0. The van der Waals surface area contributed by atoms with Crippen molar-refractivity contribution in [3.8, 4) is 5.75 Å². The molecule has 46 heavy (non-hydrogen) atoms. The van der Waals surface area contributed by atoms with E-state index in [4.69, 9.17) is 5.73 Å². The van der Waals surface area contributed by atoms with Crippen LogP contribution in [0.1, 0.15) is 76.2 Å². The number of carbonyl (C=O) groups is 3.